The van der Waals surface area contributed by atoms with E-state index < -0.39 is 0 Å². The van der Waals surface area contributed by atoms with E-state index >= 15 is 0 Å². The van der Waals surface area contributed by atoms with Gasteiger partial charge >= 0.3 is 0 Å². The number of nitrogens with zero attached hydrogens (tertiary/aromatic N) is 2. The predicted molar refractivity (Wildman–Crippen MR) is 62.8 cm³/mol. The van der Waals surface area contributed by atoms with Gasteiger partial charge in [0.05, 0.1) is 5.69 Å². The number of hydrogen-bond donors (Lipinski definition) is 1. The number of pyridine rings is 1. The summed E-state index contributed by atoms with van der Waals surface area (Å²) in [6.07, 6.45) is 3.62. The molecule has 0 aliphatic heterocycles. The first-order valence-corrected chi connectivity index (χ1v) is 5.64. The smallest absolute Gasteiger partial charge is 0.125 e. The minimum Gasteiger partial charge on any atom is -0.314 e. The predicted octanol–water partition coefficient (Wildman–Crippen LogP) is 2.23. The Bertz CT molecular complexity index is 436. The topological polar surface area (TPSA) is 37.8 Å². The molecule has 2 aromatic heterocycles. The molecule has 2 rings (SSSR count). The molecule has 0 aliphatic carbocycles. The van der Waals surface area contributed by atoms with E-state index in [9.17, 15) is 0 Å². The average Bonchev–Trinajstić information content (AvgIpc) is 2.63. The molecule has 1 N–H and O–H groups in total. The Balaban J connectivity index is 2.34. The normalized spacial score (nSPS) is 10.5. The Hall–Kier alpha value is -1.26. The molecule has 0 amide bonds. The van der Waals surface area contributed by atoms with Gasteiger partial charge in [0.2, 0.25) is 0 Å². The maximum Gasteiger partial charge on any atom is 0.125 e. The van der Waals surface area contributed by atoms with E-state index in [-0.39, 0.29) is 0 Å². The highest BCUT2D eigenvalue weighted by molar-refractivity contribution is 7.15. The summed E-state index contributed by atoms with van der Waals surface area (Å²) in [7, 11) is 1.93. The van der Waals surface area contributed by atoms with Crippen molar-refractivity contribution in [2.45, 2.75) is 13.5 Å². The molecule has 0 spiro atoms. The molecule has 2 heterocycles. The van der Waals surface area contributed by atoms with Crippen molar-refractivity contribution in [3.05, 3.63) is 35.1 Å². The Morgan fingerprint density at radius 2 is 2.33 bits per heavy atom. The van der Waals surface area contributed by atoms with Crippen LogP contribution in [0, 0.1) is 6.92 Å². The molecule has 78 valence electrons. The van der Waals surface area contributed by atoms with Gasteiger partial charge in [-0.1, -0.05) is 0 Å². The highest BCUT2D eigenvalue weighted by Crippen LogP contribution is 2.26. The van der Waals surface area contributed by atoms with Gasteiger partial charge < -0.3 is 5.32 Å². The fourth-order valence-corrected chi connectivity index (χ4v) is 2.29. The van der Waals surface area contributed by atoms with E-state index in [0.717, 1.165) is 22.8 Å². The fraction of sp³-hybridized carbons (Fsp3) is 0.273. The van der Waals surface area contributed by atoms with Crippen molar-refractivity contribution in [3.8, 4) is 10.6 Å². The molecule has 15 heavy (non-hydrogen) atoms. The summed E-state index contributed by atoms with van der Waals surface area (Å²) in [6, 6.07) is 3.97. The number of rotatable bonds is 3. The van der Waals surface area contributed by atoms with Gasteiger partial charge in [-0.25, -0.2) is 4.98 Å². The maximum atomic E-state index is 4.59. The molecule has 0 saturated heterocycles. The van der Waals surface area contributed by atoms with Crippen molar-refractivity contribution in [3.63, 3.8) is 0 Å². The van der Waals surface area contributed by atoms with Gasteiger partial charge in [-0.05, 0) is 26.1 Å². The zero-order chi connectivity index (χ0) is 10.7. The van der Waals surface area contributed by atoms with Crippen LogP contribution >= 0.6 is 11.3 Å². The summed E-state index contributed by atoms with van der Waals surface area (Å²) in [4.78, 5) is 9.95. The van der Waals surface area contributed by atoms with Gasteiger partial charge in [0.15, 0.2) is 0 Å². The molecule has 0 unspecified atom stereocenters. The highest BCUT2D eigenvalue weighted by Gasteiger charge is 2.08. The van der Waals surface area contributed by atoms with Gasteiger partial charge in [0.25, 0.3) is 0 Å². The van der Waals surface area contributed by atoms with Gasteiger partial charge in [0.1, 0.15) is 5.01 Å². The van der Waals surface area contributed by atoms with Gasteiger partial charge in [-0.3, -0.25) is 4.98 Å². The van der Waals surface area contributed by atoms with Crippen LogP contribution in [0.25, 0.3) is 10.6 Å². The molecule has 0 saturated carbocycles. The molecule has 0 aliphatic rings. The van der Waals surface area contributed by atoms with Gasteiger partial charge in [0, 0.05) is 29.4 Å². The lowest BCUT2D eigenvalue weighted by Crippen LogP contribution is -2.06. The molecule has 0 radical (unpaired) electrons. The van der Waals surface area contributed by atoms with E-state index in [4.69, 9.17) is 0 Å². The lowest BCUT2D eigenvalue weighted by molar-refractivity contribution is 0.793. The SMILES string of the molecule is CNCc1nc(-c2cccnc2)sc1C. The second-order valence-corrected chi connectivity index (χ2v) is 4.50. The molecule has 2 aromatic rings. The summed E-state index contributed by atoms with van der Waals surface area (Å²) in [5.41, 5.74) is 2.22. The number of thiazole rings is 1. The summed E-state index contributed by atoms with van der Waals surface area (Å²) < 4.78 is 0. The van der Waals surface area contributed by atoms with Crippen LogP contribution in [0.1, 0.15) is 10.6 Å². The van der Waals surface area contributed by atoms with Crippen LogP contribution in [-0.2, 0) is 6.54 Å². The second-order valence-electron chi connectivity index (χ2n) is 3.29. The number of aryl methyl sites for hydroxylation is 1. The summed E-state index contributed by atoms with van der Waals surface area (Å²) >= 11 is 1.72. The van der Waals surface area contributed by atoms with Crippen molar-refractivity contribution < 1.29 is 0 Å². The Labute approximate surface area is 93.2 Å². The van der Waals surface area contributed by atoms with Crippen LogP contribution in [0.15, 0.2) is 24.5 Å². The minimum atomic E-state index is 0.822. The van der Waals surface area contributed by atoms with Crippen molar-refractivity contribution in [2.24, 2.45) is 0 Å². The first kappa shape index (κ1) is 10.3. The number of hydrogen-bond acceptors (Lipinski definition) is 4. The third-order valence-electron chi connectivity index (χ3n) is 2.15. The van der Waals surface area contributed by atoms with Gasteiger partial charge in [-0.15, -0.1) is 11.3 Å². The quantitative estimate of drug-likeness (QED) is 0.860. The molecule has 3 nitrogen and oxygen atoms in total. The van der Waals surface area contributed by atoms with Crippen LogP contribution in [0.3, 0.4) is 0 Å². The number of aromatic nitrogens is 2. The van der Waals surface area contributed by atoms with Crippen molar-refractivity contribution in [2.75, 3.05) is 7.05 Å². The first-order chi connectivity index (χ1) is 7.31. The Morgan fingerprint density at radius 3 is 3.00 bits per heavy atom. The summed E-state index contributed by atoms with van der Waals surface area (Å²) in [5.74, 6) is 0. The van der Waals surface area contributed by atoms with Crippen molar-refractivity contribution in [1.82, 2.24) is 15.3 Å². The average molecular weight is 219 g/mol. The standard InChI is InChI=1S/C11H13N3S/c1-8-10(7-12-2)14-11(15-8)9-4-3-5-13-6-9/h3-6,12H,7H2,1-2H3. The lowest BCUT2D eigenvalue weighted by Gasteiger charge is -1.94. The molecule has 0 atom stereocenters. The van der Waals surface area contributed by atoms with E-state index in [0.29, 0.717) is 0 Å². The van der Waals surface area contributed by atoms with Crippen LogP contribution < -0.4 is 5.32 Å². The Kier molecular flexibility index (Phi) is 3.08. The fourth-order valence-electron chi connectivity index (χ4n) is 1.37. The zero-order valence-electron chi connectivity index (χ0n) is 8.82. The summed E-state index contributed by atoms with van der Waals surface area (Å²) in [6.45, 7) is 2.92. The molecule has 0 fully saturated rings. The van der Waals surface area contributed by atoms with Crippen molar-refractivity contribution >= 4 is 11.3 Å². The lowest BCUT2D eigenvalue weighted by atomic mass is 10.3. The minimum absolute atomic E-state index is 0.822. The maximum absolute atomic E-state index is 4.59. The van der Waals surface area contributed by atoms with Crippen LogP contribution in [0.5, 0.6) is 0 Å². The van der Waals surface area contributed by atoms with Crippen molar-refractivity contribution in [1.29, 1.82) is 0 Å². The second kappa shape index (κ2) is 4.51. The van der Waals surface area contributed by atoms with Crippen LogP contribution in [0.4, 0.5) is 0 Å². The summed E-state index contributed by atoms with van der Waals surface area (Å²) in [5, 5.41) is 4.17. The molecular weight excluding hydrogens is 206 g/mol. The van der Waals surface area contributed by atoms with Crippen LogP contribution in [-0.4, -0.2) is 17.0 Å². The number of nitrogens with one attached hydrogen (secondary N) is 1. The first-order valence-electron chi connectivity index (χ1n) is 4.82. The van der Waals surface area contributed by atoms with E-state index in [1.54, 1.807) is 17.5 Å². The third-order valence-corrected chi connectivity index (χ3v) is 3.21. The van der Waals surface area contributed by atoms with Gasteiger partial charge in [-0.2, -0.15) is 0 Å². The van der Waals surface area contributed by atoms with Crippen LogP contribution in [0.2, 0.25) is 0 Å². The molecular formula is C11H13N3S. The monoisotopic (exact) mass is 219 g/mol. The molecule has 0 aromatic carbocycles. The van der Waals surface area contributed by atoms with E-state index in [1.807, 2.05) is 25.4 Å². The Morgan fingerprint density at radius 1 is 1.47 bits per heavy atom. The largest absolute Gasteiger partial charge is 0.314 e. The highest BCUT2D eigenvalue weighted by atomic mass is 32.1. The molecule has 0 bridgehead atoms. The van der Waals surface area contributed by atoms with E-state index in [2.05, 4.69) is 22.2 Å². The molecule has 4 heteroatoms. The zero-order valence-corrected chi connectivity index (χ0v) is 9.64. The van der Waals surface area contributed by atoms with E-state index in [1.165, 1.54) is 4.88 Å². The third kappa shape index (κ3) is 2.22.